The Kier molecular flexibility index (Phi) is 6.88. The first-order valence-electron chi connectivity index (χ1n) is 6.54. The molecule has 1 aliphatic rings. The fourth-order valence-corrected chi connectivity index (χ4v) is 3.31. The second-order valence-corrected chi connectivity index (χ2v) is 6.62. The first-order chi connectivity index (χ1) is 9.08. The minimum absolute atomic E-state index is 0. The number of piperidine rings is 1. The van der Waals surface area contributed by atoms with Gasteiger partial charge in [0, 0.05) is 6.54 Å². The van der Waals surface area contributed by atoms with Crippen LogP contribution in [0.15, 0.2) is 29.2 Å². The summed E-state index contributed by atoms with van der Waals surface area (Å²) in [5, 5.41) is 3.30. The largest absolute Gasteiger partial charge is 0.316 e. The molecule has 4 nitrogen and oxygen atoms in total. The van der Waals surface area contributed by atoms with Crippen LogP contribution in [0, 0.1) is 11.7 Å². The molecule has 2 N–H and O–H groups in total. The van der Waals surface area contributed by atoms with Crippen molar-refractivity contribution in [2.45, 2.75) is 24.2 Å². The van der Waals surface area contributed by atoms with E-state index < -0.39 is 15.8 Å². The molecule has 0 spiro atoms. The maximum Gasteiger partial charge on any atom is 0.240 e. The number of halogens is 2. The predicted octanol–water partition coefficient (Wildman–Crippen LogP) is 1.92. The summed E-state index contributed by atoms with van der Waals surface area (Å²) in [5.74, 6) is 0.0943. The van der Waals surface area contributed by atoms with Crippen molar-refractivity contribution in [2.75, 3.05) is 19.6 Å². The van der Waals surface area contributed by atoms with E-state index in [1.54, 1.807) is 0 Å². The summed E-state index contributed by atoms with van der Waals surface area (Å²) in [6.45, 7) is 2.43. The van der Waals surface area contributed by atoms with E-state index in [0.717, 1.165) is 44.5 Å². The Hall–Kier alpha value is -0.690. The van der Waals surface area contributed by atoms with Crippen molar-refractivity contribution in [3.63, 3.8) is 0 Å². The molecule has 1 aromatic rings. The third-order valence-corrected chi connectivity index (χ3v) is 4.84. The van der Waals surface area contributed by atoms with Crippen molar-refractivity contribution < 1.29 is 12.8 Å². The third-order valence-electron chi connectivity index (χ3n) is 3.37. The lowest BCUT2D eigenvalue weighted by molar-refractivity contribution is 0.358. The molecule has 0 aromatic heterocycles. The van der Waals surface area contributed by atoms with E-state index in [2.05, 4.69) is 10.0 Å². The average Bonchev–Trinajstić information content (AvgIpc) is 2.40. The number of sulfonamides is 1. The van der Waals surface area contributed by atoms with Gasteiger partial charge in [0.25, 0.3) is 0 Å². The van der Waals surface area contributed by atoms with E-state index in [1.807, 2.05) is 0 Å². The van der Waals surface area contributed by atoms with Gasteiger partial charge in [0.05, 0.1) is 4.90 Å². The highest BCUT2D eigenvalue weighted by molar-refractivity contribution is 7.89. The molecule has 0 amide bonds. The van der Waals surface area contributed by atoms with Gasteiger partial charge in [0.15, 0.2) is 0 Å². The topological polar surface area (TPSA) is 58.2 Å². The SMILES string of the molecule is Cl.O=S(=O)(NCCC1CCCNC1)c1ccc(F)cc1. The van der Waals surface area contributed by atoms with Crippen LogP contribution in [-0.4, -0.2) is 28.1 Å². The van der Waals surface area contributed by atoms with E-state index >= 15 is 0 Å². The van der Waals surface area contributed by atoms with Gasteiger partial charge in [-0.25, -0.2) is 17.5 Å². The average molecular weight is 323 g/mol. The molecule has 114 valence electrons. The number of benzene rings is 1. The maximum absolute atomic E-state index is 12.7. The Labute approximate surface area is 125 Å². The zero-order chi connectivity index (χ0) is 13.7. The number of hydrogen-bond acceptors (Lipinski definition) is 3. The fourth-order valence-electron chi connectivity index (χ4n) is 2.26. The lowest BCUT2D eigenvalue weighted by Crippen LogP contribution is -2.33. The van der Waals surface area contributed by atoms with Gasteiger partial charge in [-0.3, -0.25) is 0 Å². The lowest BCUT2D eigenvalue weighted by Gasteiger charge is -2.22. The van der Waals surface area contributed by atoms with Crippen molar-refractivity contribution in [3.8, 4) is 0 Å². The highest BCUT2D eigenvalue weighted by atomic mass is 35.5. The molecular weight excluding hydrogens is 303 g/mol. The molecule has 0 aliphatic carbocycles. The molecule has 1 aromatic carbocycles. The molecule has 0 bridgehead atoms. The summed E-state index contributed by atoms with van der Waals surface area (Å²) in [6.07, 6.45) is 3.12. The molecule has 1 aliphatic heterocycles. The molecule has 1 heterocycles. The Morgan fingerprint density at radius 3 is 2.60 bits per heavy atom. The highest BCUT2D eigenvalue weighted by Crippen LogP contribution is 2.14. The fraction of sp³-hybridized carbons (Fsp3) is 0.538. The highest BCUT2D eigenvalue weighted by Gasteiger charge is 2.16. The Bertz CT molecular complexity index is 502. The van der Waals surface area contributed by atoms with Gasteiger partial charge in [-0.05, 0) is 62.5 Å². The second kappa shape index (κ2) is 7.93. The van der Waals surface area contributed by atoms with Crippen LogP contribution in [0.2, 0.25) is 0 Å². The van der Waals surface area contributed by atoms with E-state index in [0.29, 0.717) is 12.5 Å². The molecule has 20 heavy (non-hydrogen) atoms. The quantitative estimate of drug-likeness (QED) is 0.870. The third kappa shape index (κ3) is 5.01. The maximum atomic E-state index is 12.7. The number of rotatable bonds is 5. The van der Waals surface area contributed by atoms with E-state index in [9.17, 15) is 12.8 Å². The van der Waals surface area contributed by atoms with Gasteiger partial charge in [-0.1, -0.05) is 0 Å². The molecule has 1 saturated heterocycles. The molecule has 0 saturated carbocycles. The molecule has 2 rings (SSSR count). The van der Waals surface area contributed by atoms with Crippen molar-refractivity contribution in [3.05, 3.63) is 30.1 Å². The van der Waals surface area contributed by atoms with Crippen LogP contribution in [0.3, 0.4) is 0 Å². The Morgan fingerprint density at radius 2 is 2.00 bits per heavy atom. The van der Waals surface area contributed by atoms with Gasteiger partial charge in [0.1, 0.15) is 5.82 Å². The van der Waals surface area contributed by atoms with Crippen LogP contribution in [0.5, 0.6) is 0 Å². The molecule has 1 atom stereocenters. The Morgan fingerprint density at radius 1 is 1.30 bits per heavy atom. The zero-order valence-corrected chi connectivity index (χ0v) is 12.8. The molecule has 1 unspecified atom stereocenters. The lowest BCUT2D eigenvalue weighted by atomic mass is 9.96. The summed E-state index contributed by atoms with van der Waals surface area (Å²) in [6, 6.07) is 4.86. The molecule has 7 heteroatoms. The first kappa shape index (κ1) is 17.4. The van der Waals surface area contributed by atoms with Crippen LogP contribution in [0.25, 0.3) is 0 Å². The minimum atomic E-state index is -3.51. The Balaban J connectivity index is 0.00000200. The summed E-state index contributed by atoms with van der Waals surface area (Å²) >= 11 is 0. The van der Waals surface area contributed by atoms with Crippen molar-refractivity contribution in [2.24, 2.45) is 5.92 Å². The van der Waals surface area contributed by atoms with Gasteiger partial charge in [0.2, 0.25) is 10.0 Å². The van der Waals surface area contributed by atoms with Crippen molar-refractivity contribution in [1.82, 2.24) is 10.0 Å². The van der Waals surface area contributed by atoms with Gasteiger partial charge in [-0.2, -0.15) is 0 Å². The molecule has 1 fully saturated rings. The second-order valence-electron chi connectivity index (χ2n) is 4.85. The van der Waals surface area contributed by atoms with Crippen LogP contribution in [0.4, 0.5) is 4.39 Å². The zero-order valence-electron chi connectivity index (χ0n) is 11.1. The predicted molar refractivity (Wildman–Crippen MR) is 79.0 cm³/mol. The standard InChI is InChI=1S/C13H19FN2O2S.ClH/c14-12-3-5-13(6-4-12)19(17,18)16-9-7-11-2-1-8-15-10-11;/h3-6,11,15-16H,1-2,7-10H2;1H. The van der Waals surface area contributed by atoms with E-state index in [-0.39, 0.29) is 17.3 Å². The molecule has 0 radical (unpaired) electrons. The van der Waals surface area contributed by atoms with Crippen LogP contribution in [0.1, 0.15) is 19.3 Å². The van der Waals surface area contributed by atoms with Gasteiger partial charge in [-0.15, -0.1) is 12.4 Å². The number of hydrogen-bond donors (Lipinski definition) is 2. The summed E-state index contributed by atoms with van der Waals surface area (Å²) < 4.78 is 39.2. The van der Waals surface area contributed by atoms with Gasteiger partial charge < -0.3 is 5.32 Å². The van der Waals surface area contributed by atoms with Crippen LogP contribution in [-0.2, 0) is 10.0 Å². The van der Waals surface area contributed by atoms with E-state index in [4.69, 9.17) is 0 Å². The van der Waals surface area contributed by atoms with Crippen LogP contribution < -0.4 is 10.0 Å². The van der Waals surface area contributed by atoms with E-state index in [1.165, 1.54) is 12.1 Å². The number of nitrogens with one attached hydrogen (secondary N) is 2. The minimum Gasteiger partial charge on any atom is -0.316 e. The normalized spacial score (nSPS) is 19.4. The summed E-state index contributed by atoms with van der Waals surface area (Å²) in [5.41, 5.74) is 0. The van der Waals surface area contributed by atoms with Gasteiger partial charge >= 0.3 is 0 Å². The summed E-state index contributed by atoms with van der Waals surface area (Å²) in [7, 11) is -3.51. The monoisotopic (exact) mass is 322 g/mol. The summed E-state index contributed by atoms with van der Waals surface area (Å²) in [4.78, 5) is 0.107. The first-order valence-corrected chi connectivity index (χ1v) is 8.02. The van der Waals surface area contributed by atoms with Crippen molar-refractivity contribution in [1.29, 1.82) is 0 Å². The van der Waals surface area contributed by atoms with Crippen molar-refractivity contribution >= 4 is 22.4 Å². The molecular formula is C13H20ClFN2O2S. The van der Waals surface area contributed by atoms with Crippen LogP contribution >= 0.6 is 12.4 Å². The smallest absolute Gasteiger partial charge is 0.240 e.